The van der Waals surface area contributed by atoms with Gasteiger partial charge in [-0.2, -0.15) is 0 Å². The fraction of sp³-hybridized carbons (Fsp3) is 0.500. The number of imidazole rings is 1. The van der Waals surface area contributed by atoms with Crippen molar-refractivity contribution in [2.24, 2.45) is 4.99 Å². The average Bonchev–Trinajstić information content (AvgIpc) is 3.35. The molecular formula is C22H33IN6O. The van der Waals surface area contributed by atoms with E-state index in [1.54, 1.807) is 0 Å². The van der Waals surface area contributed by atoms with Crippen molar-refractivity contribution in [1.29, 1.82) is 0 Å². The molecule has 0 aliphatic carbocycles. The summed E-state index contributed by atoms with van der Waals surface area (Å²) < 4.78 is 2.19. The summed E-state index contributed by atoms with van der Waals surface area (Å²) in [7, 11) is 0. The highest BCUT2D eigenvalue weighted by Gasteiger charge is 2.18. The third-order valence-corrected chi connectivity index (χ3v) is 5.01. The van der Waals surface area contributed by atoms with Gasteiger partial charge in [-0.05, 0) is 25.3 Å². The molecule has 1 aromatic carbocycles. The summed E-state index contributed by atoms with van der Waals surface area (Å²) in [6.45, 7) is 6.89. The number of hydrogen-bond donors (Lipinski definition) is 2. The second-order valence-electron chi connectivity index (χ2n) is 7.23. The van der Waals surface area contributed by atoms with E-state index in [0.29, 0.717) is 13.0 Å². The summed E-state index contributed by atoms with van der Waals surface area (Å²) in [5.74, 6) is 2.16. The molecule has 164 valence electrons. The van der Waals surface area contributed by atoms with E-state index in [0.717, 1.165) is 63.8 Å². The molecule has 1 fully saturated rings. The molecule has 1 amide bonds. The minimum atomic E-state index is 0. The zero-order chi connectivity index (χ0) is 20.3. The molecule has 7 nitrogen and oxygen atoms in total. The number of guanidine groups is 1. The summed E-state index contributed by atoms with van der Waals surface area (Å²) in [6.07, 6.45) is 7.30. The van der Waals surface area contributed by atoms with Gasteiger partial charge in [-0.3, -0.25) is 9.79 Å². The number of rotatable bonds is 10. The first-order chi connectivity index (χ1) is 14.3. The second kappa shape index (κ2) is 13.3. The quantitative estimate of drug-likeness (QED) is 0.217. The number of halogens is 1. The lowest BCUT2D eigenvalue weighted by molar-refractivity contribution is -0.127. The number of carbonyl (C=O) groups is 1. The highest BCUT2D eigenvalue weighted by molar-refractivity contribution is 14.0. The van der Waals surface area contributed by atoms with Crippen LogP contribution < -0.4 is 10.6 Å². The highest BCUT2D eigenvalue weighted by atomic mass is 127. The van der Waals surface area contributed by atoms with Crippen LogP contribution in [0, 0.1) is 0 Å². The van der Waals surface area contributed by atoms with Gasteiger partial charge in [0.05, 0.1) is 0 Å². The molecule has 1 saturated heterocycles. The first-order valence-corrected chi connectivity index (χ1v) is 10.6. The minimum Gasteiger partial charge on any atom is -0.357 e. The number of carbonyl (C=O) groups excluding carboxylic acids is 1. The number of hydrogen-bond acceptors (Lipinski definition) is 3. The van der Waals surface area contributed by atoms with Gasteiger partial charge in [0, 0.05) is 64.5 Å². The molecule has 1 aromatic heterocycles. The summed E-state index contributed by atoms with van der Waals surface area (Å²) >= 11 is 0. The van der Waals surface area contributed by atoms with Gasteiger partial charge in [0.25, 0.3) is 0 Å². The SMILES string of the molecule is CCNC(=NCCCN1CCCC1=O)NCCc1nccn1Cc1ccccc1.I. The first-order valence-electron chi connectivity index (χ1n) is 10.6. The van der Waals surface area contributed by atoms with E-state index in [9.17, 15) is 4.79 Å². The van der Waals surface area contributed by atoms with Gasteiger partial charge < -0.3 is 20.1 Å². The van der Waals surface area contributed by atoms with Gasteiger partial charge in [-0.15, -0.1) is 24.0 Å². The number of nitrogens with one attached hydrogen (secondary N) is 2. The van der Waals surface area contributed by atoms with E-state index in [2.05, 4.69) is 56.4 Å². The van der Waals surface area contributed by atoms with Crippen LogP contribution in [0.2, 0.25) is 0 Å². The van der Waals surface area contributed by atoms with Gasteiger partial charge in [-0.1, -0.05) is 30.3 Å². The van der Waals surface area contributed by atoms with Gasteiger partial charge >= 0.3 is 0 Å². The fourth-order valence-electron chi connectivity index (χ4n) is 3.52. The van der Waals surface area contributed by atoms with Crippen LogP contribution >= 0.6 is 24.0 Å². The van der Waals surface area contributed by atoms with E-state index >= 15 is 0 Å². The highest BCUT2D eigenvalue weighted by Crippen LogP contribution is 2.09. The number of aromatic nitrogens is 2. The van der Waals surface area contributed by atoms with Crippen molar-refractivity contribution in [2.75, 3.05) is 32.7 Å². The Morgan fingerprint density at radius 1 is 1.23 bits per heavy atom. The maximum Gasteiger partial charge on any atom is 0.222 e. The molecule has 2 aromatic rings. The zero-order valence-electron chi connectivity index (χ0n) is 17.7. The van der Waals surface area contributed by atoms with Crippen LogP contribution in [-0.2, 0) is 17.8 Å². The Kier molecular flexibility index (Phi) is 10.7. The lowest BCUT2D eigenvalue weighted by atomic mass is 10.2. The predicted molar refractivity (Wildman–Crippen MR) is 131 cm³/mol. The van der Waals surface area contributed by atoms with Crippen LogP contribution in [-0.4, -0.2) is 59.0 Å². The van der Waals surface area contributed by atoms with Crippen molar-refractivity contribution >= 4 is 35.8 Å². The Bertz CT molecular complexity index is 792. The fourth-order valence-corrected chi connectivity index (χ4v) is 3.52. The van der Waals surface area contributed by atoms with Crippen molar-refractivity contribution in [3.8, 4) is 0 Å². The van der Waals surface area contributed by atoms with Crippen molar-refractivity contribution in [1.82, 2.24) is 25.1 Å². The summed E-state index contributed by atoms with van der Waals surface area (Å²) in [6, 6.07) is 10.4. The molecule has 0 spiro atoms. The Morgan fingerprint density at radius 3 is 2.80 bits per heavy atom. The number of benzene rings is 1. The minimum absolute atomic E-state index is 0. The van der Waals surface area contributed by atoms with Gasteiger partial charge in [0.15, 0.2) is 5.96 Å². The van der Waals surface area contributed by atoms with E-state index in [1.165, 1.54) is 5.56 Å². The predicted octanol–water partition coefficient (Wildman–Crippen LogP) is 2.66. The monoisotopic (exact) mass is 524 g/mol. The molecule has 0 atom stereocenters. The molecule has 30 heavy (non-hydrogen) atoms. The molecule has 1 aliphatic rings. The van der Waals surface area contributed by atoms with Crippen LogP contribution in [0.3, 0.4) is 0 Å². The molecule has 8 heteroatoms. The Balaban J connectivity index is 0.00000320. The molecule has 0 radical (unpaired) electrons. The molecular weight excluding hydrogens is 491 g/mol. The van der Waals surface area contributed by atoms with Crippen LogP contribution in [0.25, 0.3) is 0 Å². The number of amides is 1. The van der Waals surface area contributed by atoms with Gasteiger partial charge in [0.2, 0.25) is 5.91 Å². The van der Waals surface area contributed by atoms with Crippen LogP contribution in [0.15, 0.2) is 47.7 Å². The number of nitrogens with zero attached hydrogens (tertiary/aromatic N) is 4. The number of likely N-dealkylation sites (tertiary alicyclic amines) is 1. The first kappa shape index (κ1) is 24.2. The molecule has 0 bridgehead atoms. The van der Waals surface area contributed by atoms with Crippen molar-refractivity contribution in [2.45, 2.75) is 39.2 Å². The molecule has 0 unspecified atom stereocenters. The third kappa shape index (κ3) is 7.62. The van der Waals surface area contributed by atoms with E-state index in [1.807, 2.05) is 23.4 Å². The van der Waals surface area contributed by atoms with Crippen molar-refractivity contribution in [3.05, 3.63) is 54.1 Å². The van der Waals surface area contributed by atoms with Crippen LogP contribution in [0.4, 0.5) is 0 Å². The van der Waals surface area contributed by atoms with E-state index in [-0.39, 0.29) is 29.9 Å². The summed E-state index contributed by atoms with van der Waals surface area (Å²) in [4.78, 5) is 22.8. The summed E-state index contributed by atoms with van der Waals surface area (Å²) in [5.41, 5.74) is 1.27. The average molecular weight is 524 g/mol. The molecule has 1 aliphatic heterocycles. The lowest BCUT2D eigenvalue weighted by Crippen LogP contribution is -2.38. The standard InChI is InChI=1S/C22H32N6O.HI/c1-2-23-22(25-12-7-16-27-15-6-10-21(27)29)26-13-11-20-24-14-17-28(20)18-19-8-4-3-5-9-19;/h3-5,8-9,14,17H,2,6-7,10-13,15-16,18H2,1H3,(H2,23,25,26);1H. The maximum absolute atomic E-state index is 11.7. The van der Waals surface area contributed by atoms with Crippen molar-refractivity contribution < 1.29 is 4.79 Å². The Hall–Kier alpha value is -2.10. The van der Waals surface area contributed by atoms with Crippen molar-refractivity contribution in [3.63, 3.8) is 0 Å². The van der Waals surface area contributed by atoms with Gasteiger partial charge in [0.1, 0.15) is 5.82 Å². The topological polar surface area (TPSA) is 74.6 Å². The molecule has 0 saturated carbocycles. The zero-order valence-corrected chi connectivity index (χ0v) is 20.0. The second-order valence-corrected chi connectivity index (χ2v) is 7.23. The van der Waals surface area contributed by atoms with Crippen LogP contribution in [0.1, 0.15) is 37.6 Å². The smallest absolute Gasteiger partial charge is 0.222 e. The van der Waals surface area contributed by atoms with E-state index in [4.69, 9.17) is 0 Å². The molecule has 2 N–H and O–H groups in total. The molecule has 2 heterocycles. The Labute approximate surface area is 196 Å². The third-order valence-electron chi connectivity index (χ3n) is 5.01. The van der Waals surface area contributed by atoms with E-state index < -0.39 is 0 Å². The normalized spacial score (nSPS) is 14.0. The van der Waals surface area contributed by atoms with Gasteiger partial charge in [-0.25, -0.2) is 4.98 Å². The Morgan fingerprint density at radius 2 is 2.07 bits per heavy atom. The van der Waals surface area contributed by atoms with Crippen LogP contribution in [0.5, 0.6) is 0 Å². The lowest BCUT2D eigenvalue weighted by Gasteiger charge is -2.15. The largest absolute Gasteiger partial charge is 0.357 e. The molecule has 3 rings (SSSR count). The summed E-state index contributed by atoms with van der Waals surface area (Å²) in [5, 5.41) is 6.68. The number of aliphatic imine (C=N–C) groups is 1. The maximum atomic E-state index is 11.7.